The van der Waals surface area contributed by atoms with Crippen molar-refractivity contribution in [2.45, 2.75) is 39.2 Å². The van der Waals surface area contributed by atoms with E-state index in [1.807, 2.05) is 29.2 Å². The first-order valence-corrected chi connectivity index (χ1v) is 8.72. The molecule has 1 aliphatic heterocycles. The number of carbonyl (C=O) groups excluding carboxylic acids is 1. The SMILES string of the molecule is CC(C)CC(=O)N(CC1CCCO1)c1nc2ccccc2s1. The van der Waals surface area contributed by atoms with Crippen LogP contribution in [0.15, 0.2) is 24.3 Å². The molecule has 1 aliphatic rings. The van der Waals surface area contributed by atoms with Crippen LogP contribution in [0.2, 0.25) is 0 Å². The van der Waals surface area contributed by atoms with Gasteiger partial charge in [0.1, 0.15) is 0 Å². The molecule has 22 heavy (non-hydrogen) atoms. The van der Waals surface area contributed by atoms with Crippen LogP contribution in [0.5, 0.6) is 0 Å². The second kappa shape index (κ2) is 6.75. The highest BCUT2D eigenvalue weighted by Crippen LogP contribution is 2.30. The summed E-state index contributed by atoms with van der Waals surface area (Å²) in [5.74, 6) is 0.485. The number of anilines is 1. The normalized spacial score (nSPS) is 18.2. The second-order valence-corrected chi connectivity index (χ2v) is 7.21. The number of benzene rings is 1. The lowest BCUT2D eigenvalue weighted by molar-refractivity contribution is -0.119. The van der Waals surface area contributed by atoms with Crippen LogP contribution in [0.25, 0.3) is 10.2 Å². The van der Waals surface area contributed by atoms with Crippen LogP contribution in [-0.2, 0) is 9.53 Å². The zero-order valence-electron chi connectivity index (χ0n) is 13.1. The average Bonchev–Trinajstić information content (AvgIpc) is 3.12. The number of ether oxygens (including phenoxy) is 1. The number of para-hydroxylation sites is 1. The van der Waals surface area contributed by atoms with Gasteiger partial charge in [-0.1, -0.05) is 37.3 Å². The van der Waals surface area contributed by atoms with Gasteiger partial charge in [0.05, 0.1) is 22.9 Å². The minimum Gasteiger partial charge on any atom is -0.376 e. The van der Waals surface area contributed by atoms with E-state index in [1.54, 1.807) is 11.3 Å². The molecule has 4 nitrogen and oxygen atoms in total. The molecular weight excluding hydrogens is 296 g/mol. The van der Waals surface area contributed by atoms with Crippen molar-refractivity contribution in [1.82, 2.24) is 4.98 Å². The van der Waals surface area contributed by atoms with Gasteiger partial charge in [0.15, 0.2) is 5.13 Å². The fourth-order valence-corrected chi connectivity index (χ4v) is 3.71. The smallest absolute Gasteiger partial charge is 0.229 e. The van der Waals surface area contributed by atoms with Crippen molar-refractivity contribution < 1.29 is 9.53 Å². The van der Waals surface area contributed by atoms with E-state index in [4.69, 9.17) is 4.74 Å². The number of nitrogens with zero attached hydrogens (tertiary/aromatic N) is 2. The Labute approximate surface area is 135 Å². The van der Waals surface area contributed by atoms with Crippen molar-refractivity contribution in [3.05, 3.63) is 24.3 Å². The van der Waals surface area contributed by atoms with E-state index in [2.05, 4.69) is 18.8 Å². The molecule has 1 unspecified atom stereocenters. The number of amides is 1. The number of carbonyl (C=O) groups is 1. The predicted molar refractivity (Wildman–Crippen MR) is 90.4 cm³/mol. The van der Waals surface area contributed by atoms with Crippen molar-refractivity contribution in [2.75, 3.05) is 18.1 Å². The number of aromatic nitrogens is 1. The standard InChI is InChI=1S/C17H22N2O2S/c1-12(2)10-16(20)19(11-13-6-5-9-21-13)17-18-14-7-3-4-8-15(14)22-17/h3-4,7-8,12-13H,5-6,9-11H2,1-2H3. The molecule has 5 heteroatoms. The van der Waals surface area contributed by atoms with Gasteiger partial charge in [0.25, 0.3) is 0 Å². The Morgan fingerprint density at radius 3 is 2.95 bits per heavy atom. The molecule has 1 saturated heterocycles. The minimum absolute atomic E-state index is 0.142. The van der Waals surface area contributed by atoms with Gasteiger partial charge in [-0.05, 0) is 30.9 Å². The van der Waals surface area contributed by atoms with Crippen LogP contribution in [0.1, 0.15) is 33.1 Å². The molecule has 0 N–H and O–H groups in total. The summed E-state index contributed by atoms with van der Waals surface area (Å²) in [6.07, 6.45) is 2.79. The number of rotatable bonds is 5. The lowest BCUT2D eigenvalue weighted by Gasteiger charge is -2.23. The fourth-order valence-electron chi connectivity index (χ4n) is 2.71. The van der Waals surface area contributed by atoms with E-state index in [1.165, 1.54) is 0 Å². The first kappa shape index (κ1) is 15.4. The van der Waals surface area contributed by atoms with Crippen molar-refractivity contribution in [1.29, 1.82) is 0 Å². The maximum absolute atomic E-state index is 12.7. The highest BCUT2D eigenvalue weighted by molar-refractivity contribution is 7.22. The van der Waals surface area contributed by atoms with E-state index in [9.17, 15) is 4.79 Å². The van der Waals surface area contributed by atoms with E-state index in [-0.39, 0.29) is 12.0 Å². The Bertz CT molecular complexity index is 614. The predicted octanol–water partition coefficient (Wildman–Crippen LogP) is 3.85. The van der Waals surface area contributed by atoms with Crippen LogP contribution in [0.3, 0.4) is 0 Å². The molecule has 0 radical (unpaired) electrons. The highest BCUT2D eigenvalue weighted by atomic mass is 32.1. The molecule has 1 amide bonds. The van der Waals surface area contributed by atoms with Gasteiger partial charge < -0.3 is 4.74 Å². The van der Waals surface area contributed by atoms with E-state index in [0.717, 1.165) is 34.8 Å². The van der Waals surface area contributed by atoms with Crippen LogP contribution < -0.4 is 4.90 Å². The topological polar surface area (TPSA) is 42.4 Å². The van der Waals surface area contributed by atoms with Gasteiger partial charge >= 0.3 is 0 Å². The van der Waals surface area contributed by atoms with Gasteiger partial charge in [-0.3, -0.25) is 9.69 Å². The zero-order valence-corrected chi connectivity index (χ0v) is 13.9. The Morgan fingerprint density at radius 1 is 1.45 bits per heavy atom. The molecule has 1 fully saturated rings. The summed E-state index contributed by atoms with van der Waals surface area (Å²) in [5.41, 5.74) is 0.956. The van der Waals surface area contributed by atoms with Gasteiger partial charge in [-0.2, -0.15) is 0 Å². The Kier molecular flexibility index (Phi) is 4.74. The second-order valence-electron chi connectivity index (χ2n) is 6.20. The number of hydrogen-bond acceptors (Lipinski definition) is 4. The molecule has 0 saturated carbocycles. The maximum atomic E-state index is 12.7. The summed E-state index contributed by atoms with van der Waals surface area (Å²) in [5, 5.41) is 0.794. The Balaban J connectivity index is 1.86. The summed E-state index contributed by atoms with van der Waals surface area (Å²) < 4.78 is 6.83. The van der Waals surface area contributed by atoms with E-state index in [0.29, 0.717) is 18.9 Å². The lowest BCUT2D eigenvalue weighted by atomic mass is 10.1. The third-order valence-electron chi connectivity index (χ3n) is 3.81. The van der Waals surface area contributed by atoms with Crippen LogP contribution in [0.4, 0.5) is 5.13 Å². The fraction of sp³-hybridized carbons (Fsp3) is 0.529. The summed E-state index contributed by atoms with van der Waals surface area (Å²) in [6.45, 7) is 5.56. The lowest BCUT2D eigenvalue weighted by Crippen LogP contribution is -2.38. The quantitative estimate of drug-likeness (QED) is 0.841. The summed E-state index contributed by atoms with van der Waals surface area (Å²) in [4.78, 5) is 19.1. The minimum atomic E-state index is 0.142. The molecule has 1 aromatic carbocycles. The third-order valence-corrected chi connectivity index (χ3v) is 4.87. The highest BCUT2D eigenvalue weighted by Gasteiger charge is 2.26. The molecule has 0 bridgehead atoms. The summed E-state index contributed by atoms with van der Waals surface area (Å²) in [7, 11) is 0. The zero-order chi connectivity index (χ0) is 15.5. The molecule has 0 spiro atoms. The monoisotopic (exact) mass is 318 g/mol. The number of thiazole rings is 1. The van der Waals surface area contributed by atoms with Gasteiger partial charge in [-0.15, -0.1) is 0 Å². The molecule has 0 aliphatic carbocycles. The van der Waals surface area contributed by atoms with E-state index >= 15 is 0 Å². The van der Waals surface area contributed by atoms with Crippen molar-refractivity contribution in [2.24, 2.45) is 5.92 Å². The maximum Gasteiger partial charge on any atom is 0.229 e. The van der Waals surface area contributed by atoms with E-state index < -0.39 is 0 Å². The average molecular weight is 318 g/mol. The van der Waals surface area contributed by atoms with Gasteiger partial charge in [0.2, 0.25) is 5.91 Å². The first-order chi connectivity index (χ1) is 10.6. The molecule has 3 rings (SSSR count). The summed E-state index contributed by atoms with van der Waals surface area (Å²) >= 11 is 1.58. The van der Waals surface area contributed by atoms with Crippen molar-refractivity contribution >= 4 is 32.6 Å². The number of hydrogen-bond donors (Lipinski definition) is 0. The summed E-state index contributed by atoms with van der Waals surface area (Å²) in [6, 6.07) is 8.02. The van der Waals surface area contributed by atoms with Crippen molar-refractivity contribution in [3.8, 4) is 0 Å². The first-order valence-electron chi connectivity index (χ1n) is 7.91. The molecule has 2 heterocycles. The molecule has 2 aromatic rings. The van der Waals surface area contributed by atoms with Gasteiger partial charge in [0, 0.05) is 13.0 Å². The Morgan fingerprint density at radius 2 is 2.27 bits per heavy atom. The van der Waals surface area contributed by atoms with Crippen LogP contribution >= 0.6 is 11.3 Å². The molecule has 1 aromatic heterocycles. The van der Waals surface area contributed by atoms with Crippen LogP contribution in [0, 0.1) is 5.92 Å². The Hall–Kier alpha value is -1.46. The largest absolute Gasteiger partial charge is 0.376 e. The molecule has 118 valence electrons. The molecule has 1 atom stereocenters. The third kappa shape index (κ3) is 3.47. The number of fused-ring (bicyclic) bond motifs is 1. The molecular formula is C17H22N2O2S. The van der Waals surface area contributed by atoms with Crippen molar-refractivity contribution in [3.63, 3.8) is 0 Å². The van der Waals surface area contributed by atoms with Crippen LogP contribution in [-0.4, -0.2) is 30.1 Å². The van der Waals surface area contributed by atoms with Gasteiger partial charge in [-0.25, -0.2) is 4.98 Å².